The van der Waals surface area contributed by atoms with Crippen LogP contribution in [0.3, 0.4) is 0 Å². The zero-order valence-corrected chi connectivity index (χ0v) is 14.2. The Hall–Kier alpha value is -0.580. The quantitative estimate of drug-likeness (QED) is 0.753. The molecule has 1 atom stereocenters. The third-order valence-electron chi connectivity index (χ3n) is 4.27. The van der Waals surface area contributed by atoms with Crippen molar-refractivity contribution in [2.75, 3.05) is 13.2 Å². The molecule has 21 heavy (non-hydrogen) atoms. The van der Waals surface area contributed by atoms with Crippen LogP contribution in [0.2, 0.25) is 5.02 Å². The van der Waals surface area contributed by atoms with Crippen LogP contribution >= 0.6 is 11.6 Å². The SMILES string of the molecule is CCCNC(CC1CC(OCC)C1)c1c(Cl)cnn1CC. The number of hydrogen-bond donors (Lipinski definition) is 1. The smallest absolute Gasteiger partial charge is 0.0834 e. The van der Waals surface area contributed by atoms with E-state index in [0.29, 0.717) is 12.1 Å². The Bertz CT molecular complexity index is 429. The van der Waals surface area contributed by atoms with Gasteiger partial charge < -0.3 is 10.1 Å². The number of aromatic nitrogens is 2. The maximum Gasteiger partial charge on any atom is 0.0834 e. The van der Waals surface area contributed by atoms with Gasteiger partial charge in [-0.05, 0) is 52.0 Å². The third-order valence-corrected chi connectivity index (χ3v) is 4.56. The van der Waals surface area contributed by atoms with Crippen molar-refractivity contribution in [2.45, 2.75) is 65.1 Å². The van der Waals surface area contributed by atoms with Crippen LogP contribution < -0.4 is 5.32 Å². The molecule has 1 aliphatic rings. The van der Waals surface area contributed by atoms with Gasteiger partial charge in [0.1, 0.15) is 0 Å². The largest absolute Gasteiger partial charge is 0.378 e. The van der Waals surface area contributed by atoms with Crippen molar-refractivity contribution >= 4 is 11.6 Å². The lowest BCUT2D eigenvalue weighted by molar-refractivity contribution is -0.0293. The number of hydrogen-bond acceptors (Lipinski definition) is 3. The van der Waals surface area contributed by atoms with Crippen LogP contribution in [0.15, 0.2) is 6.20 Å². The molecule has 1 aliphatic carbocycles. The van der Waals surface area contributed by atoms with E-state index < -0.39 is 0 Å². The summed E-state index contributed by atoms with van der Waals surface area (Å²) in [5.74, 6) is 0.729. The molecular formula is C16H28ClN3O. The lowest BCUT2D eigenvalue weighted by atomic mass is 9.77. The predicted octanol–water partition coefficient (Wildman–Crippen LogP) is 3.80. The van der Waals surface area contributed by atoms with E-state index in [1.807, 2.05) is 4.68 Å². The first-order valence-corrected chi connectivity index (χ1v) is 8.63. The Morgan fingerprint density at radius 3 is 2.81 bits per heavy atom. The van der Waals surface area contributed by atoms with E-state index in [2.05, 4.69) is 31.2 Å². The first-order valence-electron chi connectivity index (χ1n) is 8.25. The van der Waals surface area contributed by atoms with Gasteiger partial charge in [-0.3, -0.25) is 4.68 Å². The van der Waals surface area contributed by atoms with Crippen LogP contribution in [-0.2, 0) is 11.3 Å². The molecule has 0 saturated heterocycles. The van der Waals surface area contributed by atoms with Crippen LogP contribution in [0, 0.1) is 5.92 Å². The van der Waals surface area contributed by atoms with Gasteiger partial charge in [0.05, 0.1) is 29.1 Å². The molecule has 5 heteroatoms. The molecule has 1 aromatic heterocycles. The number of nitrogens with zero attached hydrogens (tertiary/aromatic N) is 2. The van der Waals surface area contributed by atoms with Crippen LogP contribution in [0.4, 0.5) is 0 Å². The van der Waals surface area contributed by atoms with E-state index in [1.165, 1.54) is 12.8 Å². The summed E-state index contributed by atoms with van der Waals surface area (Å²) in [7, 11) is 0. The lowest BCUT2D eigenvalue weighted by Gasteiger charge is -2.37. The van der Waals surface area contributed by atoms with Crippen molar-refractivity contribution in [3.05, 3.63) is 16.9 Å². The molecule has 0 amide bonds. The number of rotatable bonds is 9. The first kappa shape index (κ1) is 16.8. The van der Waals surface area contributed by atoms with Crippen molar-refractivity contribution in [1.82, 2.24) is 15.1 Å². The van der Waals surface area contributed by atoms with Gasteiger partial charge in [0.2, 0.25) is 0 Å². The minimum Gasteiger partial charge on any atom is -0.378 e. The number of halogens is 1. The summed E-state index contributed by atoms with van der Waals surface area (Å²) in [5.41, 5.74) is 1.15. The van der Waals surface area contributed by atoms with Gasteiger partial charge in [-0.25, -0.2) is 0 Å². The van der Waals surface area contributed by atoms with Crippen molar-refractivity contribution in [1.29, 1.82) is 0 Å². The molecule has 1 fully saturated rings. The highest BCUT2D eigenvalue weighted by Crippen LogP contribution is 2.38. The molecule has 4 nitrogen and oxygen atoms in total. The van der Waals surface area contributed by atoms with Crippen LogP contribution in [0.25, 0.3) is 0 Å². The molecule has 2 rings (SSSR count). The summed E-state index contributed by atoms with van der Waals surface area (Å²) in [6.45, 7) is 9.06. The molecule has 1 heterocycles. The summed E-state index contributed by atoms with van der Waals surface area (Å²) in [6, 6.07) is 0.299. The second-order valence-corrected chi connectivity index (χ2v) is 6.26. The van der Waals surface area contributed by atoms with E-state index in [9.17, 15) is 0 Å². The standard InChI is InChI=1S/C16H28ClN3O/c1-4-7-18-15(10-12-8-13(9-12)21-6-3)16-14(17)11-19-20(16)5-2/h11-13,15,18H,4-10H2,1-3H3. The molecule has 0 aliphatic heterocycles. The van der Waals surface area contributed by atoms with E-state index in [-0.39, 0.29) is 0 Å². The van der Waals surface area contributed by atoms with Gasteiger partial charge in [-0.15, -0.1) is 0 Å². The van der Waals surface area contributed by atoms with E-state index in [1.54, 1.807) is 6.20 Å². The second kappa shape index (κ2) is 8.16. The number of aryl methyl sites for hydroxylation is 1. The van der Waals surface area contributed by atoms with E-state index in [0.717, 1.165) is 49.2 Å². The monoisotopic (exact) mass is 313 g/mol. The topological polar surface area (TPSA) is 39.1 Å². The summed E-state index contributed by atoms with van der Waals surface area (Å²) in [6.07, 6.45) is 6.84. The summed E-state index contributed by atoms with van der Waals surface area (Å²) >= 11 is 6.37. The molecule has 1 saturated carbocycles. The summed E-state index contributed by atoms with van der Waals surface area (Å²) < 4.78 is 7.69. The molecule has 0 bridgehead atoms. The minimum atomic E-state index is 0.299. The molecule has 0 aromatic carbocycles. The molecule has 1 aromatic rings. The molecule has 1 N–H and O–H groups in total. The highest BCUT2D eigenvalue weighted by atomic mass is 35.5. The third kappa shape index (κ3) is 4.21. The van der Waals surface area contributed by atoms with Crippen molar-refractivity contribution < 1.29 is 4.74 Å². The number of nitrogens with one attached hydrogen (secondary N) is 1. The van der Waals surface area contributed by atoms with Crippen LogP contribution in [-0.4, -0.2) is 29.0 Å². The molecule has 0 radical (unpaired) electrons. The zero-order chi connectivity index (χ0) is 15.2. The van der Waals surface area contributed by atoms with Gasteiger partial charge in [-0.1, -0.05) is 18.5 Å². The van der Waals surface area contributed by atoms with Gasteiger partial charge in [0.25, 0.3) is 0 Å². The van der Waals surface area contributed by atoms with Crippen molar-refractivity contribution in [2.24, 2.45) is 5.92 Å². The van der Waals surface area contributed by atoms with Crippen molar-refractivity contribution in [3.63, 3.8) is 0 Å². The first-order chi connectivity index (χ1) is 10.2. The Morgan fingerprint density at radius 2 is 2.19 bits per heavy atom. The van der Waals surface area contributed by atoms with Crippen LogP contribution in [0.5, 0.6) is 0 Å². The summed E-state index contributed by atoms with van der Waals surface area (Å²) in [4.78, 5) is 0. The Labute approximate surface area is 133 Å². The molecular weight excluding hydrogens is 286 g/mol. The van der Waals surface area contributed by atoms with E-state index >= 15 is 0 Å². The average molecular weight is 314 g/mol. The Kier molecular flexibility index (Phi) is 6.52. The van der Waals surface area contributed by atoms with Crippen molar-refractivity contribution in [3.8, 4) is 0 Å². The highest BCUT2D eigenvalue weighted by molar-refractivity contribution is 6.31. The average Bonchev–Trinajstić information content (AvgIpc) is 2.81. The molecule has 120 valence electrons. The van der Waals surface area contributed by atoms with Gasteiger partial charge in [0.15, 0.2) is 0 Å². The maximum absolute atomic E-state index is 6.37. The normalized spacial score (nSPS) is 23.0. The second-order valence-electron chi connectivity index (χ2n) is 5.85. The zero-order valence-electron chi connectivity index (χ0n) is 13.4. The van der Waals surface area contributed by atoms with Gasteiger partial charge in [0, 0.05) is 13.2 Å². The summed E-state index contributed by atoms with van der Waals surface area (Å²) in [5, 5.41) is 8.81. The molecule has 0 spiro atoms. The highest BCUT2D eigenvalue weighted by Gasteiger charge is 2.33. The van der Waals surface area contributed by atoms with Gasteiger partial charge in [-0.2, -0.15) is 5.10 Å². The van der Waals surface area contributed by atoms with E-state index in [4.69, 9.17) is 16.3 Å². The fraction of sp³-hybridized carbons (Fsp3) is 0.812. The Morgan fingerprint density at radius 1 is 1.43 bits per heavy atom. The predicted molar refractivity (Wildman–Crippen MR) is 86.7 cm³/mol. The Balaban J connectivity index is 1.99. The van der Waals surface area contributed by atoms with Gasteiger partial charge >= 0.3 is 0 Å². The molecule has 1 unspecified atom stereocenters. The fourth-order valence-electron chi connectivity index (χ4n) is 3.15. The lowest BCUT2D eigenvalue weighted by Crippen LogP contribution is -2.35. The van der Waals surface area contributed by atoms with Crippen LogP contribution in [0.1, 0.15) is 58.2 Å². The fourth-order valence-corrected chi connectivity index (χ4v) is 3.43. The maximum atomic E-state index is 6.37. The minimum absolute atomic E-state index is 0.299. The number of ether oxygens (including phenoxy) is 1.